The van der Waals surface area contributed by atoms with Crippen LogP contribution >= 0.6 is 11.8 Å². The second-order valence-corrected chi connectivity index (χ2v) is 5.98. The van der Waals surface area contributed by atoms with E-state index < -0.39 is 0 Å². The van der Waals surface area contributed by atoms with E-state index in [0.29, 0.717) is 6.42 Å². The van der Waals surface area contributed by atoms with Crippen molar-refractivity contribution in [2.75, 3.05) is 18.6 Å². The van der Waals surface area contributed by atoms with Crippen molar-refractivity contribution < 1.29 is 9.53 Å². The van der Waals surface area contributed by atoms with Crippen molar-refractivity contribution in [1.29, 1.82) is 0 Å². The van der Waals surface area contributed by atoms with Crippen LogP contribution in [0, 0.1) is 5.41 Å². The van der Waals surface area contributed by atoms with Gasteiger partial charge in [-0.1, -0.05) is 12.1 Å². The first-order valence-corrected chi connectivity index (χ1v) is 7.28. The Hall–Kier alpha value is -1.16. The van der Waals surface area contributed by atoms with Crippen molar-refractivity contribution in [3.63, 3.8) is 0 Å². The number of nitrogens with two attached hydrogens (primary N) is 1. The molecule has 1 aliphatic carbocycles. The van der Waals surface area contributed by atoms with Gasteiger partial charge in [0.2, 0.25) is 0 Å². The van der Waals surface area contributed by atoms with E-state index >= 15 is 0 Å². The number of carbonyl (C=O) groups excluding carboxylic acids is 1. The van der Waals surface area contributed by atoms with Crippen molar-refractivity contribution in [2.45, 2.75) is 25.0 Å². The summed E-state index contributed by atoms with van der Waals surface area (Å²) in [7, 11) is 1.46. The predicted octanol–water partition coefficient (Wildman–Crippen LogP) is 2.85. The summed E-state index contributed by atoms with van der Waals surface area (Å²) < 4.78 is 4.74. The van der Waals surface area contributed by atoms with E-state index in [2.05, 4.69) is 6.07 Å². The highest BCUT2D eigenvalue weighted by atomic mass is 32.2. The highest BCUT2D eigenvalue weighted by Gasteiger charge is 2.44. The molecular formula is C14H19NO2S. The maximum absolute atomic E-state index is 11.3. The Bertz CT molecular complexity index is 430. The predicted molar refractivity (Wildman–Crippen MR) is 75.3 cm³/mol. The molecule has 0 atom stereocenters. The Labute approximate surface area is 112 Å². The van der Waals surface area contributed by atoms with E-state index in [0.717, 1.165) is 30.0 Å². The zero-order valence-corrected chi connectivity index (χ0v) is 11.5. The zero-order chi connectivity index (χ0) is 13.0. The molecule has 0 aromatic heterocycles. The number of rotatable bonds is 6. The molecule has 0 aliphatic heterocycles. The van der Waals surface area contributed by atoms with Gasteiger partial charge in [0.1, 0.15) is 0 Å². The molecule has 1 aromatic carbocycles. The molecule has 1 saturated carbocycles. The maximum Gasteiger partial charge on any atom is 0.306 e. The fraction of sp³-hybridized carbons (Fsp3) is 0.500. The van der Waals surface area contributed by atoms with Gasteiger partial charge in [-0.25, -0.2) is 0 Å². The quantitative estimate of drug-likeness (QED) is 0.635. The minimum Gasteiger partial charge on any atom is -0.469 e. The van der Waals surface area contributed by atoms with Crippen LogP contribution in [0.1, 0.15) is 24.8 Å². The van der Waals surface area contributed by atoms with Gasteiger partial charge in [-0.15, -0.1) is 0 Å². The summed E-state index contributed by atoms with van der Waals surface area (Å²) in [6.07, 6.45) is 2.85. The van der Waals surface area contributed by atoms with Crippen molar-refractivity contribution in [2.24, 2.45) is 5.41 Å². The molecule has 18 heavy (non-hydrogen) atoms. The first-order chi connectivity index (χ1) is 8.63. The molecule has 0 bridgehead atoms. The number of thioether (sulfide) groups is 1. The highest BCUT2D eigenvalue weighted by molar-refractivity contribution is 7.98. The minimum atomic E-state index is -0.0861. The van der Waals surface area contributed by atoms with Crippen molar-refractivity contribution >= 4 is 23.4 Å². The van der Waals surface area contributed by atoms with Crippen molar-refractivity contribution in [1.82, 2.24) is 0 Å². The summed E-state index contributed by atoms with van der Waals surface area (Å²) in [5.41, 5.74) is 8.00. The normalized spacial score (nSPS) is 16.3. The highest BCUT2D eigenvalue weighted by Crippen LogP contribution is 2.51. The third-order valence-electron chi connectivity index (χ3n) is 3.33. The van der Waals surface area contributed by atoms with Crippen LogP contribution in [0.4, 0.5) is 5.69 Å². The van der Waals surface area contributed by atoms with Gasteiger partial charge >= 0.3 is 5.97 Å². The van der Waals surface area contributed by atoms with E-state index in [1.54, 1.807) is 0 Å². The number of benzene rings is 1. The molecule has 0 unspecified atom stereocenters. The molecule has 0 saturated heterocycles. The second-order valence-electron chi connectivity index (χ2n) is 4.99. The summed E-state index contributed by atoms with van der Waals surface area (Å²) in [5, 5.41) is 0. The fourth-order valence-corrected chi connectivity index (χ4v) is 3.34. The van der Waals surface area contributed by atoms with Gasteiger partial charge < -0.3 is 10.5 Å². The first-order valence-electron chi connectivity index (χ1n) is 6.13. The number of hydrogen-bond acceptors (Lipinski definition) is 4. The Kier molecular flexibility index (Phi) is 4.17. The van der Waals surface area contributed by atoms with Crippen LogP contribution in [-0.2, 0) is 15.3 Å². The Morgan fingerprint density at radius 1 is 1.50 bits per heavy atom. The van der Waals surface area contributed by atoms with Crippen LogP contribution in [0.15, 0.2) is 24.3 Å². The number of ether oxygens (including phenoxy) is 1. The number of carbonyl (C=O) groups is 1. The van der Waals surface area contributed by atoms with Crippen molar-refractivity contribution in [3.05, 3.63) is 29.8 Å². The number of hydrogen-bond donors (Lipinski definition) is 1. The summed E-state index contributed by atoms with van der Waals surface area (Å²) in [4.78, 5) is 11.3. The van der Waals surface area contributed by atoms with Gasteiger partial charge in [-0.05, 0) is 41.7 Å². The fourth-order valence-electron chi connectivity index (χ4n) is 2.00. The summed E-state index contributed by atoms with van der Waals surface area (Å²) in [6.45, 7) is 0. The van der Waals surface area contributed by atoms with E-state index in [9.17, 15) is 4.79 Å². The molecule has 1 aromatic rings. The zero-order valence-electron chi connectivity index (χ0n) is 10.6. The monoisotopic (exact) mass is 265 g/mol. The van der Waals surface area contributed by atoms with Crippen LogP contribution in [0.3, 0.4) is 0 Å². The third-order valence-corrected chi connectivity index (χ3v) is 4.69. The molecule has 98 valence electrons. The molecule has 2 N–H and O–H groups in total. The van der Waals surface area contributed by atoms with Gasteiger partial charge in [0.05, 0.1) is 13.5 Å². The van der Waals surface area contributed by atoms with Gasteiger partial charge in [-0.3, -0.25) is 4.79 Å². The molecule has 3 nitrogen and oxygen atoms in total. The topological polar surface area (TPSA) is 52.3 Å². The Morgan fingerprint density at radius 3 is 2.89 bits per heavy atom. The molecule has 0 spiro atoms. The molecular weight excluding hydrogens is 246 g/mol. The van der Waals surface area contributed by atoms with Gasteiger partial charge in [0.15, 0.2) is 0 Å². The lowest BCUT2D eigenvalue weighted by molar-refractivity contribution is -0.141. The van der Waals surface area contributed by atoms with E-state index in [1.807, 2.05) is 30.0 Å². The molecule has 0 amide bonds. The van der Waals surface area contributed by atoms with E-state index in [1.165, 1.54) is 12.7 Å². The molecule has 4 heteroatoms. The number of esters is 1. The molecule has 0 radical (unpaired) electrons. The third kappa shape index (κ3) is 3.67. The van der Waals surface area contributed by atoms with Crippen LogP contribution in [-0.4, -0.2) is 18.8 Å². The average molecular weight is 265 g/mol. The summed E-state index contributed by atoms with van der Waals surface area (Å²) >= 11 is 1.87. The summed E-state index contributed by atoms with van der Waals surface area (Å²) in [6, 6.07) is 7.97. The Balaban J connectivity index is 1.77. The largest absolute Gasteiger partial charge is 0.469 e. The lowest BCUT2D eigenvalue weighted by Crippen LogP contribution is -2.13. The second kappa shape index (κ2) is 5.65. The number of methoxy groups -OCH3 is 1. The van der Waals surface area contributed by atoms with Crippen LogP contribution in [0.2, 0.25) is 0 Å². The molecule has 2 rings (SSSR count). The van der Waals surface area contributed by atoms with E-state index in [4.69, 9.17) is 10.5 Å². The van der Waals surface area contributed by atoms with Crippen LogP contribution < -0.4 is 5.73 Å². The molecule has 0 heterocycles. The lowest BCUT2D eigenvalue weighted by Gasteiger charge is -2.13. The van der Waals surface area contributed by atoms with Crippen molar-refractivity contribution in [3.8, 4) is 0 Å². The van der Waals surface area contributed by atoms with Gasteiger partial charge in [-0.2, -0.15) is 11.8 Å². The smallest absolute Gasteiger partial charge is 0.306 e. The molecule has 1 aliphatic rings. The van der Waals surface area contributed by atoms with Crippen LogP contribution in [0.25, 0.3) is 0 Å². The lowest BCUT2D eigenvalue weighted by atomic mass is 10.1. The van der Waals surface area contributed by atoms with Gasteiger partial charge in [0, 0.05) is 11.4 Å². The number of nitrogen functional groups attached to an aromatic ring is 1. The maximum atomic E-state index is 11.3. The SMILES string of the molecule is COC(=O)CC1(CSCc2cccc(N)c2)CC1. The number of anilines is 1. The summed E-state index contributed by atoms with van der Waals surface area (Å²) in [5.74, 6) is 1.89. The first kappa shape index (κ1) is 13.3. The van der Waals surface area contributed by atoms with E-state index in [-0.39, 0.29) is 11.4 Å². The Morgan fingerprint density at radius 2 is 2.28 bits per heavy atom. The standard InChI is InChI=1S/C14H19NO2S/c1-17-13(16)8-14(5-6-14)10-18-9-11-3-2-4-12(15)7-11/h2-4,7H,5-6,8-10,15H2,1H3. The van der Waals surface area contributed by atoms with Crippen LogP contribution in [0.5, 0.6) is 0 Å². The minimum absolute atomic E-state index is 0.0861. The average Bonchev–Trinajstić information content (AvgIpc) is 3.09. The molecule has 1 fully saturated rings. The van der Waals surface area contributed by atoms with Gasteiger partial charge in [0.25, 0.3) is 0 Å².